The van der Waals surface area contributed by atoms with Crippen LogP contribution in [0, 0.1) is 12.8 Å². The van der Waals surface area contributed by atoms with Gasteiger partial charge in [-0.2, -0.15) is 0 Å². The highest BCUT2D eigenvalue weighted by Crippen LogP contribution is 2.26. The first-order valence-corrected chi connectivity index (χ1v) is 12.5. The van der Waals surface area contributed by atoms with Crippen LogP contribution in [0.15, 0.2) is 28.7 Å². The van der Waals surface area contributed by atoms with Crippen molar-refractivity contribution >= 4 is 23.6 Å². The largest absolute Gasteiger partial charge is 0.450 e. The van der Waals surface area contributed by atoms with Crippen molar-refractivity contribution in [2.45, 2.75) is 52.1 Å². The van der Waals surface area contributed by atoms with Crippen molar-refractivity contribution in [1.29, 1.82) is 0 Å². The molecule has 1 aromatic heterocycles. The van der Waals surface area contributed by atoms with Gasteiger partial charge in [0.05, 0.1) is 12.3 Å². The molecule has 2 aromatic rings. The summed E-state index contributed by atoms with van der Waals surface area (Å²) in [6.45, 7) is 7.76. The van der Waals surface area contributed by atoms with Crippen molar-refractivity contribution in [2.75, 3.05) is 32.8 Å². The number of piperidine rings is 2. The first-order valence-electron chi connectivity index (χ1n) is 12.1. The smallest absolute Gasteiger partial charge is 0.409 e. The molecule has 0 aliphatic carbocycles. The van der Waals surface area contributed by atoms with Gasteiger partial charge in [0.25, 0.3) is 0 Å². The van der Waals surface area contributed by atoms with E-state index in [9.17, 15) is 9.59 Å². The Hall–Kier alpha value is -2.58. The molecule has 2 aliphatic rings. The minimum absolute atomic E-state index is 0.0276. The summed E-state index contributed by atoms with van der Waals surface area (Å²) in [5.74, 6) is 1.55. The third-order valence-corrected chi connectivity index (χ3v) is 6.90. The Morgan fingerprint density at radius 2 is 1.91 bits per heavy atom. The highest BCUT2D eigenvalue weighted by atomic mass is 35.5. The second-order valence-corrected chi connectivity index (χ2v) is 9.49. The molecule has 1 N–H and O–H groups in total. The molecule has 4 rings (SSSR count). The summed E-state index contributed by atoms with van der Waals surface area (Å²) in [5, 5.41) is 3.86. The molecule has 9 heteroatoms. The van der Waals surface area contributed by atoms with Crippen molar-refractivity contribution < 1.29 is 18.7 Å². The van der Waals surface area contributed by atoms with Gasteiger partial charge in [-0.15, -0.1) is 0 Å². The van der Waals surface area contributed by atoms with E-state index < -0.39 is 0 Å². The van der Waals surface area contributed by atoms with Crippen molar-refractivity contribution in [1.82, 2.24) is 20.1 Å². The van der Waals surface area contributed by atoms with Gasteiger partial charge in [0.15, 0.2) is 0 Å². The molecule has 0 radical (unpaired) electrons. The van der Waals surface area contributed by atoms with Crippen molar-refractivity contribution in [2.24, 2.45) is 5.92 Å². The summed E-state index contributed by atoms with van der Waals surface area (Å²) in [4.78, 5) is 33.4. The molecule has 0 saturated carbocycles. The van der Waals surface area contributed by atoms with Gasteiger partial charge >= 0.3 is 6.09 Å². The number of ether oxygens (including phenoxy) is 1. The van der Waals surface area contributed by atoms with Gasteiger partial charge in [0.2, 0.25) is 11.8 Å². The van der Waals surface area contributed by atoms with Gasteiger partial charge in [-0.05, 0) is 70.8 Å². The Morgan fingerprint density at radius 3 is 2.59 bits per heavy atom. The molecule has 184 valence electrons. The number of carbonyl (C=O) groups excluding carboxylic acids is 2. The minimum atomic E-state index is -0.262. The molecular formula is C25H33ClN4O4. The van der Waals surface area contributed by atoms with Crippen LogP contribution >= 0.6 is 11.6 Å². The average Bonchev–Trinajstić information content (AvgIpc) is 3.20. The van der Waals surface area contributed by atoms with Gasteiger partial charge < -0.3 is 19.4 Å². The molecule has 1 aromatic carbocycles. The summed E-state index contributed by atoms with van der Waals surface area (Å²) in [6.07, 6.45) is 2.92. The van der Waals surface area contributed by atoms with Crippen LogP contribution in [0.25, 0.3) is 11.5 Å². The van der Waals surface area contributed by atoms with E-state index in [0.29, 0.717) is 37.2 Å². The molecular weight excluding hydrogens is 456 g/mol. The topological polar surface area (TPSA) is 87.9 Å². The average molecular weight is 489 g/mol. The predicted octanol–water partition coefficient (Wildman–Crippen LogP) is 4.25. The number of nitrogens with one attached hydrogen (secondary N) is 1. The lowest BCUT2D eigenvalue weighted by Gasteiger charge is -2.34. The van der Waals surface area contributed by atoms with E-state index >= 15 is 0 Å². The summed E-state index contributed by atoms with van der Waals surface area (Å²) < 4.78 is 10.9. The highest BCUT2D eigenvalue weighted by molar-refractivity contribution is 6.30. The molecule has 34 heavy (non-hydrogen) atoms. The zero-order valence-corrected chi connectivity index (χ0v) is 20.6. The molecule has 0 spiro atoms. The Balaban J connectivity index is 1.23. The lowest BCUT2D eigenvalue weighted by molar-refractivity contribution is -0.127. The number of hydrogen-bond acceptors (Lipinski definition) is 6. The normalized spacial score (nSPS) is 18.1. The molecule has 0 atom stereocenters. The fourth-order valence-electron chi connectivity index (χ4n) is 4.62. The third-order valence-electron chi connectivity index (χ3n) is 6.66. The van der Waals surface area contributed by atoms with E-state index in [0.717, 1.165) is 55.8 Å². The zero-order valence-electron chi connectivity index (χ0n) is 19.9. The van der Waals surface area contributed by atoms with Crippen LogP contribution in [0.5, 0.6) is 0 Å². The van der Waals surface area contributed by atoms with Crippen LogP contribution in [0.1, 0.15) is 44.1 Å². The lowest BCUT2D eigenvalue weighted by Crippen LogP contribution is -2.49. The number of likely N-dealkylation sites (tertiary alicyclic amines) is 2. The molecule has 2 saturated heterocycles. The van der Waals surface area contributed by atoms with E-state index in [2.05, 4.69) is 10.2 Å². The van der Waals surface area contributed by atoms with E-state index in [1.807, 2.05) is 31.2 Å². The Kier molecular flexibility index (Phi) is 8.11. The first-order chi connectivity index (χ1) is 16.4. The molecule has 8 nitrogen and oxygen atoms in total. The second-order valence-electron chi connectivity index (χ2n) is 9.05. The SMILES string of the molecule is CCOC(=O)N1CCC(NC(=O)C2CCN(Cc3nc(-c4cccc(Cl)c4)oc3C)CC2)CC1. The third kappa shape index (κ3) is 6.10. The number of carbonyl (C=O) groups is 2. The molecule has 2 fully saturated rings. The summed E-state index contributed by atoms with van der Waals surface area (Å²) in [7, 11) is 0. The predicted molar refractivity (Wildman–Crippen MR) is 129 cm³/mol. The number of benzene rings is 1. The number of rotatable bonds is 6. The molecule has 2 amide bonds. The standard InChI is InChI=1S/C25H33ClN4O4/c1-3-33-25(32)30-13-9-21(10-14-30)27-23(31)18-7-11-29(12-8-18)16-22-17(2)34-24(28-22)19-5-4-6-20(26)15-19/h4-6,15,18,21H,3,7-14,16H2,1-2H3,(H,27,31). The maximum atomic E-state index is 12.8. The van der Waals surface area contributed by atoms with Gasteiger partial charge in [-0.1, -0.05) is 17.7 Å². The number of nitrogens with zero attached hydrogens (tertiary/aromatic N) is 3. The zero-order chi connectivity index (χ0) is 24.1. The number of amides is 2. The quantitative estimate of drug-likeness (QED) is 0.654. The van der Waals surface area contributed by atoms with E-state index in [4.69, 9.17) is 25.7 Å². The number of halogens is 1. The van der Waals surface area contributed by atoms with E-state index in [1.165, 1.54) is 0 Å². The van der Waals surface area contributed by atoms with Gasteiger partial charge in [0, 0.05) is 42.2 Å². The molecule has 0 unspecified atom stereocenters. The van der Waals surface area contributed by atoms with Gasteiger partial charge in [-0.25, -0.2) is 9.78 Å². The van der Waals surface area contributed by atoms with Crippen LogP contribution in [0.4, 0.5) is 4.79 Å². The van der Waals surface area contributed by atoms with Crippen molar-refractivity contribution in [3.05, 3.63) is 40.7 Å². The Morgan fingerprint density at radius 1 is 1.18 bits per heavy atom. The van der Waals surface area contributed by atoms with Crippen molar-refractivity contribution in [3.8, 4) is 11.5 Å². The number of aryl methyl sites for hydroxylation is 1. The summed E-state index contributed by atoms with van der Waals surface area (Å²) >= 11 is 6.10. The van der Waals surface area contributed by atoms with Gasteiger partial charge in [0.1, 0.15) is 5.76 Å². The van der Waals surface area contributed by atoms with E-state index in [1.54, 1.807) is 11.8 Å². The summed E-state index contributed by atoms with van der Waals surface area (Å²) in [5.41, 5.74) is 1.79. The fraction of sp³-hybridized carbons (Fsp3) is 0.560. The Bertz CT molecular complexity index is 995. The fourth-order valence-corrected chi connectivity index (χ4v) is 4.82. The molecule has 2 aliphatic heterocycles. The van der Waals surface area contributed by atoms with Crippen LogP contribution in [0.2, 0.25) is 5.02 Å². The number of aromatic nitrogens is 1. The molecule has 3 heterocycles. The van der Waals surface area contributed by atoms with Crippen molar-refractivity contribution in [3.63, 3.8) is 0 Å². The van der Waals surface area contributed by atoms with Gasteiger partial charge in [-0.3, -0.25) is 9.69 Å². The maximum absolute atomic E-state index is 12.8. The Labute approximate surface area is 205 Å². The monoisotopic (exact) mass is 488 g/mol. The number of hydrogen-bond donors (Lipinski definition) is 1. The second kappa shape index (κ2) is 11.2. The van der Waals surface area contributed by atoms with Crippen LogP contribution < -0.4 is 5.32 Å². The minimum Gasteiger partial charge on any atom is -0.450 e. The van der Waals surface area contributed by atoms with Crippen LogP contribution in [-0.4, -0.2) is 65.6 Å². The van der Waals surface area contributed by atoms with Crippen LogP contribution in [0.3, 0.4) is 0 Å². The van der Waals surface area contributed by atoms with E-state index in [-0.39, 0.29) is 24.0 Å². The first kappa shape index (κ1) is 24.5. The lowest BCUT2D eigenvalue weighted by atomic mass is 9.94. The summed E-state index contributed by atoms with van der Waals surface area (Å²) in [6, 6.07) is 7.62. The maximum Gasteiger partial charge on any atom is 0.409 e. The van der Waals surface area contributed by atoms with Crippen LogP contribution in [-0.2, 0) is 16.1 Å². The molecule has 0 bridgehead atoms. The highest BCUT2D eigenvalue weighted by Gasteiger charge is 2.29. The number of oxazole rings is 1.